The average Bonchev–Trinajstić information content (AvgIpc) is 2.20. The number of amides is 2. The second-order valence-electron chi connectivity index (χ2n) is 3.70. The Balaban J connectivity index is 2.88. The van der Waals surface area contributed by atoms with E-state index in [1.165, 1.54) is 11.9 Å². The molecule has 5 nitrogen and oxygen atoms in total. The van der Waals surface area contributed by atoms with Gasteiger partial charge in [0.05, 0.1) is 6.54 Å². The zero-order chi connectivity index (χ0) is 12.3. The third kappa shape index (κ3) is 2.73. The van der Waals surface area contributed by atoms with E-state index in [1.807, 2.05) is 6.92 Å². The Bertz CT molecular complexity index is 429. The number of nitrogen functional groups attached to an aromatic ring is 1. The number of primary amides is 1. The smallest absolute Gasteiger partial charge is 0.254 e. The molecule has 5 heteroatoms. The highest BCUT2D eigenvalue weighted by molar-refractivity contribution is 5.97. The normalized spacial score (nSPS) is 9.88. The van der Waals surface area contributed by atoms with Crippen molar-refractivity contribution in [2.24, 2.45) is 5.73 Å². The number of rotatable bonds is 3. The highest BCUT2D eigenvalue weighted by Gasteiger charge is 2.13. The predicted molar refractivity (Wildman–Crippen MR) is 61.7 cm³/mol. The molecule has 0 heterocycles. The monoisotopic (exact) mass is 221 g/mol. The Morgan fingerprint density at radius 1 is 1.38 bits per heavy atom. The largest absolute Gasteiger partial charge is 0.398 e. The fourth-order valence-corrected chi connectivity index (χ4v) is 1.30. The van der Waals surface area contributed by atoms with Crippen LogP contribution in [0.5, 0.6) is 0 Å². The van der Waals surface area contributed by atoms with Crippen molar-refractivity contribution in [1.82, 2.24) is 4.90 Å². The van der Waals surface area contributed by atoms with Crippen LogP contribution in [0.25, 0.3) is 0 Å². The molecule has 0 aliphatic rings. The first-order valence-electron chi connectivity index (χ1n) is 4.81. The quantitative estimate of drug-likeness (QED) is 0.711. The van der Waals surface area contributed by atoms with Crippen LogP contribution in [0, 0.1) is 6.92 Å². The second kappa shape index (κ2) is 4.65. The highest BCUT2D eigenvalue weighted by Crippen LogP contribution is 2.14. The molecule has 1 rings (SSSR count). The summed E-state index contributed by atoms with van der Waals surface area (Å²) in [6.45, 7) is 1.75. The van der Waals surface area contributed by atoms with Gasteiger partial charge < -0.3 is 16.4 Å². The summed E-state index contributed by atoms with van der Waals surface area (Å²) < 4.78 is 0. The lowest BCUT2D eigenvalue weighted by Crippen LogP contribution is -2.35. The summed E-state index contributed by atoms with van der Waals surface area (Å²) in [6, 6.07) is 5.03. The standard InChI is InChI=1S/C11H15N3O2/c1-7-3-4-8(5-9(7)12)11(16)14(2)6-10(13)15/h3-5H,6,12H2,1-2H3,(H2,13,15). The Morgan fingerprint density at radius 2 is 2.00 bits per heavy atom. The number of carbonyl (C=O) groups excluding carboxylic acids is 2. The van der Waals surface area contributed by atoms with Crippen LogP contribution in [0.4, 0.5) is 5.69 Å². The van der Waals surface area contributed by atoms with Crippen LogP contribution < -0.4 is 11.5 Å². The van der Waals surface area contributed by atoms with E-state index in [0.717, 1.165) is 5.56 Å². The lowest BCUT2D eigenvalue weighted by atomic mass is 10.1. The number of benzene rings is 1. The minimum atomic E-state index is -0.545. The van der Waals surface area contributed by atoms with E-state index >= 15 is 0 Å². The SMILES string of the molecule is Cc1ccc(C(=O)N(C)CC(N)=O)cc1N. The molecule has 0 aliphatic heterocycles. The third-order valence-corrected chi connectivity index (χ3v) is 2.27. The van der Waals surface area contributed by atoms with Gasteiger partial charge >= 0.3 is 0 Å². The van der Waals surface area contributed by atoms with E-state index in [2.05, 4.69) is 0 Å². The van der Waals surface area contributed by atoms with Crippen molar-refractivity contribution in [2.45, 2.75) is 6.92 Å². The summed E-state index contributed by atoms with van der Waals surface area (Å²) in [6.07, 6.45) is 0. The minimum Gasteiger partial charge on any atom is -0.398 e. The molecule has 0 spiro atoms. The van der Waals surface area contributed by atoms with E-state index in [1.54, 1.807) is 18.2 Å². The van der Waals surface area contributed by atoms with Gasteiger partial charge in [0.25, 0.3) is 5.91 Å². The van der Waals surface area contributed by atoms with Crippen molar-refractivity contribution in [3.63, 3.8) is 0 Å². The lowest BCUT2D eigenvalue weighted by Gasteiger charge is -2.15. The number of hydrogen-bond donors (Lipinski definition) is 2. The Labute approximate surface area is 94.0 Å². The molecule has 0 aliphatic carbocycles. The fourth-order valence-electron chi connectivity index (χ4n) is 1.30. The average molecular weight is 221 g/mol. The van der Waals surface area contributed by atoms with Crippen molar-refractivity contribution in [3.05, 3.63) is 29.3 Å². The molecular formula is C11H15N3O2. The van der Waals surface area contributed by atoms with Crippen molar-refractivity contribution in [1.29, 1.82) is 0 Å². The number of hydrogen-bond acceptors (Lipinski definition) is 3. The molecule has 0 saturated carbocycles. The first-order chi connectivity index (χ1) is 7.41. The summed E-state index contributed by atoms with van der Waals surface area (Å²) in [7, 11) is 1.52. The second-order valence-corrected chi connectivity index (χ2v) is 3.70. The van der Waals surface area contributed by atoms with Crippen molar-refractivity contribution >= 4 is 17.5 Å². The van der Waals surface area contributed by atoms with E-state index < -0.39 is 5.91 Å². The molecule has 2 amide bonds. The lowest BCUT2D eigenvalue weighted by molar-refractivity contribution is -0.118. The molecule has 16 heavy (non-hydrogen) atoms. The van der Waals surface area contributed by atoms with Gasteiger partial charge in [-0.3, -0.25) is 9.59 Å². The number of likely N-dealkylation sites (N-methyl/N-ethyl adjacent to an activating group) is 1. The number of nitrogens with two attached hydrogens (primary N) is 2. The number of anilines is 1. The molecule has 4 N–H and O–H groups in total. The van der Waals surface area contributed by atoms with Crippen LogP contribution in [0.3, 0.4) is 0 Å². The minimum absolute atomic E-state index is 0.105. The number of aryl methyl sites for hydroxylation is 1. The molecular weight excluding hydrogens is 206 g/mol. The van der Waals surface area contributed by atoms with E-state index in [-0.39, 0.29) is 12.5 Å². The zero-order valence-electron chi connectivity index (χ0n) is 9.36. The summed E-state index contributed by atoms with van der Waals surface area (Å²) in [4.78, 5) is 23.7. The van der Waals surface area contributed by atoms with Crippen molar-refractivity contribution in [2.75, 3.05) is 19.3 Å². The Hall–Kier alpha value is -2.04. The summed E-state index contributed by atoms with van der Waals surface area (Å²) >= 11 is 0. The first kappa shape index (κ1) is 12.0. The zero-order valence-corrected chi connectivity index (χ0v) is 9.36. The van der Waals surface area contributed by atoms with E-state index in [0.29, 0.717) is 11.3 Å². The van der Waals surface area contributed by atoms with Crippen molar-refractivity contribution in [3.8, 4) is 0 Å². The van der Waals surface area contributed by atoms with Crippen LogP contribution in [-0.2, 0) is 4.79 Å². The van der Waals surface area contributed by atoms with Crippen molar-refractivity contribution < 1.29 is 9.59 Å². The maximum Gasteiger partial charge on any atom is 0.254 e. The molecule has 86 valence electrons. The molecule has 1 aromatic carbocycles. The van der Waals surface area contributed by atoms with Crippen LogP contribution in [0.2, 0.25) is 0 Å². The maximum atomic E-state index is 11.8. The maximum absolute atomic E-state index is 11.8. The van der Waals surface area contributed by atoms with Crippen LogP contribution in [-0.4, -0.2) is 30.3 Å². The van der Waals surface area contributed by atoms with Gasteiger partial charge in [0.2, 0.25) is 5.91 Å². The van der Waals surface area contributed by atoms with Gasteiger partial charge in [0.15, 0.2) is 0 Å². The van der Waals surface area contributed by atoms with Gasteiger partial charge in [-0.1, -0.05) is 6.07 Å². The van der Waals surface area contributed by atoms with E-state index in [4.69, 9.17) is 11.5 Å². The Morgan fingerprint density at radius 3 is 2.50 bits per heavy atom. The molecule has 0 saturated heterocycles. The topological polar surface area (TPSA) is 89.4 Å². The number of nitrogens with zero attached hydrogens (tertiary/aromatic N) is 1. The van der Waals surface area contributed by atoms with Gasteiger partial charge in [-0.05, 0) is 24.6 Å². The van der Waals surface area contributed by atoms with Gasteiger partial charge in [0.1, 0.15) is 0 Å². The summed E-state index contributed by atoms with van der Waals surface area (Å²) in [5, 5.41) is 0. The van der Waals surface area contributed by atoms with Gasteiger partial charge in [-0.2, -0.15) is 0 Å². The molecule has 0 aromatic heterocycles. The van der Waals surface area contributed by atoms with Crippen LogP contribution in [0.15, 0.2) is 18.2 Å². The summed E-state index contributed by atoms with van der Waals surface area (Å²) in [5.41, 5.74) is 12.6. The molecule has 1 aromatic rings. The summed E-state index contributed by atoms with van der Waals surface area (Å²) in [5.74, 6) is -0.818. The first-order valence-corrected chi connectivity index (χ1v) is 4.81. The van der Waals surface area contributed by atoms with Crippen LogP contribution in [0.1, 0.15) is 15.9 Å². The molecule has 0 radical (unpaired) electrons. The van der Waals surface area contributed by atoms with Gasteiger partial charge in [0, 0.05) is 18.3 Å². The van der Waals surface area contributed by atoms with Gasteiger partial charge in [-0.25, -0.2) is 0 Å². The van der Waals surface area contributed by atoms with Crippen LogP contribution >= 0.6 is 0 Å². The number of carbonyl (C=O) groups is 2. The molecule has 0 atom stereocenters. The predicted octanol–water partition coefficient (Wildman–Crippen LogP) is 0.135. The van der Waals surface area contributed by atoms with E-state index in [9.17, 15) is 9.59 Å². The Kier molecular flexibility index (Phi) is 3.50. The highest BCUT2D eigenvalue weighted by atomic mass is 16.2. The van der Waals surface area contributed by atoms with Gasteiger partial charge in [-0.15, -0.1) is 0 Å². The molecule has 0 fully saturated rings. The molecule has 0 bridgehead atoms. The molecule has 0 unspecified atom stereocenters. The third-order valence-electron chi connectivity index (χ3n) is 2.27. The fraction of sp³-hybridized carbons (Fsp3) is 0.273.